The van der Waals surface area contributed by atoms with Crippen LogP contribution in [0.25, 0.3) is 0 Å². The molecule has 2 N–H and O–H groups in total. The van der Waals surface area contributed by atoms with Gasteiger partial charge in [0.25, 0.3) is 5.91 Å². The number of ether oxygens (including phenoxy) is 2. The van der Waals surface area contributed by atoms with Crippen LogP contribution in [0.1, 0.15) is 61.0 Å². The number of hydrogen-bond acceptors (Lipinski definition) is 5. The number of primary amides is 1. The van der Waals surface area contributed by atoms with Gasteiger partial charge in [0, 0.05) is 57.5 Å². The molecule has 1 spiro atoms. The summed E-state index contributed by atoms with van der Waals surface area (Å²) in [5.74, 6) is 0.403. The Morgan fingerprint density at radius 3 is 2.50 bits per heavy atom. The lowest BCUT2D eigenvalue weighted by molar-refractivity contribution is -0.188. The summed E-state index contributed by atoms with van der Waals surface area (Å²) in [5.41, 5.74) is 7.14. The van der Waals surface area contributed by atoms with Gasteiger partial charge in [-0.3, -0.25) is 14.7 Å². The standard InChI is InChI=1S/C23H33N3O3.ClH/c1-28-23(16-5-8-25-20(11-16)21(24)27)17-3-2-4-18(23)15-26(14-17)19-12-22(13-19)6-9-29-10-7-22;/h5,8,11,17-19H,2-4,6-7,9-10,12-15H2,1H3,(H2,24,27);1H/t17-,18+,23-;. The van der Waals surface area contributed by atoms with E-state index in [0.717, 1.165) is 31.9 Å². The predicted octanol–water partition coefficient (Wildman–Crippen LogP) is 3.14. The molecule has 6 nitrogen and oxygen atoms in total. The van der Waals surface area contributed by atoms with Gasteiger partial charge in [-0.2, -0.15) is 0 Å². The van der Waals surface area contributed by atoms with Gasteiger partial charge in [0.15, 0.2) is 0 Å². The van der Waals surface area contributed by atoms with Crippen LogP contribution in [0.2, 0.25) is 0 Å². The zero-order chi connectivity index (χ0) is 20.1. The quantitative estimate of drug-likeness (QED) is 0.786. The Morgan fingerprint density at radius 2 is 1.90 bits per heavy atom. The summed E-state index contributed by atoms with van der Waals surface area (Å²) in [6.07, 6.45) is 10.4. The molecule has 2 saturated carbocycles. The van der Waals surface area contributed by atoms with Crippen LogP contribution in [0, 0.1) is 17.3 Å². The highest BCUT2D eigenvalue weighted by atomic mass is 35.5. The largest absolute Gasteiger partial charge is 0.381 e. The highest BCUT2D eigenvalue weighted by Crippen LogP contribution is 2.56. The molecule has 30 heavy (non-hydrogen) atoms. The number of amides is 1. The fourth-order valence-corrected chi connectivity index (χ4v) is 6.91. The molecule has 1 aromatic rings. The molecule has 166 valence electrons. The number of piperidine rings is 1. The van der Waals surface area contributed by atoms with Crippen molar-refractivity contribution in [2.45, 2.75) is 56.6 Å². The number of pyridine rings is 1. The van der Waals surface area contributed by atoms with Gasteiger partial charge in [0.1, 0.15) is 11.3 Å². The first kappa shape index (κ1) is 22.0. The molecular weight excluding hydrogens is 402 g/mol. The number of likely N-dealkylation sites (tertiary alicyclic amines) is 1. The summed E-state index contributed by atoms with van der Waals surface area (Å²) >= 11 is 0. The molecule has 3 atom stereocenters. The average molecular weight is 436 g/mol. The van der Waals surface area contributed by atoms with Crippen molar-refractivity contribution < 1.29 is 14.3 Å². The van der Waals surface area contributed by atoms with Gasteiger partial charge in [-0.1, -0.05) is 6.42 Å². The molecule has 4 fully saturated rings. The normalized spacial score (nSPS) is 33.5. The van der Waals surface area contributed by atoms with Gasteiger partial charge in [-0.15, -0.1) is 12.4 Å². The number of carbonyl (C=O) groups is 1. The Kier molecular flexibility index (Phi) is 6.14. The Morgan fingerprint density at radius 1 is 1.23 bits per heavy atom. The van der Waals surface area contributed by atoms with Crippen molar-refractivity contribution in [3.63, 3.8) is 0 Å². The van der Waals surface area contributed by atoms with Crippen LogP contribution in [0.5, 0.6) is 0 Å². The minimum absolute atomic E-state index is 0. The molecule has 2 saturated heterocycles. The van der Waals surface area contributed by atoms with Crippen molar-refractivity contribution in [1.82, 2.24) is 9.88 Å². The zero-order valence-electron chi connectivity index (χ0n) is 17.8. The smallest absolute Gasteiger partial charge is 0.267 e. The summed E-state index contributed by atoms with van der Waals surface area (Å²) in [7, 11) is 1.84. The molecule has 5 rings (SSSR count). The van der Waals surface area contributed by atoms with Crippen molar-refractivity contribution in [2.24, 2.45) is 23.0 Å². The lowest BCUT2D eigenvalue weighted by Gasteiger charge is -2.60. The van der Waals surface area contributed by atoms with E-state index in [0.29, 0.717) is 29.0 Å². The van der Waals surface area contributed by atoms with Gasteiger partial charge >= 0.3 is 0 Å². The number of nitrogens with zero attached hydrogens (tertiary/aromatic N) is 2. The van der Waals surface area contributed by atoms with Crippen molar-refractivity contribution in [2.75, 3.05) is 33.4 Å². The number of nitrogens with two attached hydrogens (primary N) is 1. The maximum atomic E-state index is 11.7. The second-order valence-electron chi connectivity index (χ2n) is 9.74. The van der Waals surface area contributed by atoms with E-state index in [4.69, 9.17) is 15.2 Å². The number of aromatic nitrogens is 1. The molecule has 0 unspecified atom stereocenters. The topological polar surface area (TPSA) is 77.7 Å². The van der Waals surface area contributed by atoms with E-state index in [-0.39, 0.29) is 18.0 Å². The molecule has 4 aliphatic rings. The zero-order valence-corrected chi connectivity index (χ0v) is 18.7. The van der Waals surface area contributed by atoms with Gasteiger partial charge in [-0.05, 0) is 61.6 Å². The first-order valence-electron chi connectivity index (χ1n) is 11.2. The van der Waals surface area contributed by atoms with Gasteiger partial charge < -0.3 is 15.2 Å². The number of rotatable bonds is 4. The van der Waals surface area contributed by atoms with Crippen molar-refractivity contribution in [1.29, 1.82) is 0 Å². The van der Waals surface area contributed by atoms with Crippen LogP contribution in [0.4, 0.5) is 0 Å². The average Bonchev–Trinajstić information content (AvgIpc) is 2.71. The number of halogens is 1. The Bertz CT molecular complexity index is 761. The van der Waals surface area contributed by atoms with E-state index in [1.807, 2.05) is 19.2 Å². The van der Waals surface area contributed by atoms with Crippen LogP contribution in [-0.4, -0.2) is 55.2 Å². The molecule has 2 aliphatic heterocycles. The van der Waals surface area contributed by atoms with Gasteiger partial charge in [-0.25, -0.2) is 0 Å². The number of methoxy groups -OCH3 is 1. The van der Waals surface area contributed by atoms with Crippen LogP contribution < -0.4 is 5.73 Å². The lowest BCUT2D eigenvalue weighted by atomic mass is 9.58. The molecule has 0 radical (unpaired) electrons. The molecular formula is C23H34ClN3O3. The van der Waals surface area contributed by atoms with Crippen LogP contribution >= 0.6 is 12.4 Å². The molecule has 0 aromatic carbocycles. The maximum absolute atomic E-state index is 11.7. The van der Waals surface area contributed by atoms with Crippen LogP contribution in [-0.2, 0) is 15.1 Å². The highest BCUT2D eigenvalue weighted by molar-refractivity contribution is 5.90. The summed E-state index contributed by atoms with van der Waals surface area (Å²) in [5, 5.41) is 0. The fourth-order valence-electron chi connectivity index (χ4n) is 6.91. The molecule has 1 aromatic heterocycles. The third-order valence-electron chi connectivity index (χ3n) is 8.44. The van der Waals surface area contributed by atoms with Crippen molar-refractivity contribution >= 4 is 18.3 Å². The second kappa shape index (κ2) is 8.38. The van der Waals surface area contributed by atoms with E-state index in [1.165, 1.54) is 44.9 Å². The first-order chi connectivity index (χ1) is 14.1. The first-order valence-corrected chi connectivity index (χ1v) is 11.2. The van der Waals surface area contributed by atoms with E-state index in [9.17, 15) is 4.79 Å². The molecule has 3 heterocycles. The van der Waals surface area contributed by atoms with E-state index in [1.54, 1.807) is 6.20 Å². The minimum Gasteiger partial charge on any atom is -0.381 e. The lowest BCUT2D eigenvalue weighted by Crippen LogP contribution is -2.64. The summed E-state index contributed by atoms with van der Waals surface area (Å²) in [6.45, 7) is 4.04. The van der Waals surface area contributed by atoms with Gasteiger partial charge in [0.05, 0.1) is 0 Å². The summed E-state index contributed by atoms with van der Waals surface area (Å²) in [4.78, 5) is 18.6. The summed E-state index contributed by atoms with van der Waals surface area (Å²) < 4.78 is 11.9. The Hall–Kier alpha value is -1.21. The van der Waals surface area contributed by atoms with Crippen molar-refractivity contribution in [3.05, 3.63) is 29.6 Å². The molecule has 1 amide bonds. The molecule has 2 aliphatic carbocycles. The molecule has 2 bridgehead atoms. The molecule has 7 heteroatoms. The second-order valence-corrected chi connectivity index (χ2v) is 9.74. The maximum Gasteiger partial charge on any atom is 0.267 e. The van der Waals surface area contributed by atoms with E-state index >= 15 is 0 Å². The number of carbonyl (C=O) groups excluding carboxylic acids is 1. The third kappa shape index (κ3) is 3.46. The summed E-state index contributed by atoms with van der Waals surface area (Å²) in [6, 6.07) is 4.61. The fraction of sp³-hybridized carbons (Fsp3) is 0.739. The van der Waals surface area contributed by atoms with Crippen molar-refractivity contribution in [3.8, 4) is 0 Å². The minimum atomic E-state index is -0.475. The Balaban J connectivity index is 0.00000218. The highest BCUT2D eigenvalue weighted by Gasteiger charge is 2.56. The third-order valence-corrected chi connectivity index (χ3v) is 8.44. The van der Waals surface area contributed by atoms with E-state index in [2.05, 4.69) is 9.88 Å². The van der Waals surface area contributed by atoms with E-state index < -0.39 is 5.91 Å². The van der Waals surface area contributed by atoms with Crippen LogP contribution in [0.3, 0.4) is 0 Å². The SMILES string of the molecule is CO[C@]1(c2ccnc(C(N)=O)c2)[C@@H]2CCC[C@H]1CN(C1CC3(CCOCC3)C1)C2.Cl. The number of fused-ring (bicyclic) bond motifs is 2. The Labute approximate surface area is 185 Å². The van der Waals surface area contributed by atoms with Crippen LogP contribution in [0.15, 0.2) is 18.3 Å². The predicted molar refractivity (Wildman–Crippen MR) is 117 cm³/mol. The monoisotopic (exact) mass is 435 g/mol. The number of hydrogen-bond donors (Lipinski definition) is 1. The van der Waals surface area contributed by atoms with Gasteiger partial charge in [0.2, 0.25) is 0 Å².